The summed E-state index contributed by atoms with van der Waals surface area (Å²) in [6, 6.07) is 0. The number of ether oxygens (including phenoxy) is 1. The number of carbonyl (C=O) groups is 3. The maximum absolute atomic E-state index is 11.7. The predicted octanol–water partition coefficient (Wildman–Crippen LogP) is 1.18. The zero-order valence-electron chi connectivity index (χ0n) is 9.86. The lowest BCUT2D eigenvalue weighted by molar-refractivity contribution is -0.140. The van der Waals surface area contributed by atoms with Crippen molar-refractivity contribution in [2.45, 2.75) is 27.7 Å². The summed E-state index contributed by atoms with van der Waals surface area (Å²) in [5.41, 5.74) is -1.40. The molecule has 0 aliphatic carbocycles. The third kappa shape index (κ3) is 4.25. The van der Waals surface area contributed by atoms with Crippen LogP contribution in [0.5, 0.6) is 0 Å². The number of rotatable bonds is 4. The van der Waals surface area contributed by atoms with Gasteiger partial charge in [-0.05, 0) is 6.92 Å². The molecule has 0 aliphatic heterocycles. The van der Waals surface area contributed by atoms with Crippen LogP contribution in [-0.4, -0.2) is 29.4 Å². The van der Waals surface area contributed by atoms with E-state index in [2.05, 4.69) is 4.74 Å². The Kier molecular flexibility index (Phi) is 4.88. The minimum absolute atomic E-state index is 0.131. The van der Waals surface area contributed by atoms with Gasteiger partial charge in [0.1, 0.15) is 5.57 Å². The molecule has 0 unspecified atom stereocenters. The van der Waals surface area contributed by atoms with E-state index in [1.807, 2.05) is 0 Å². The summed E-state index contributed by atoms with van der Waals surface area (Å²) in [6.45, 7) is 6.47. The first kappa shape index (κ1) is 14.3. The Morgan fingerprint density at radius 2 is 1.75 bits per heavy atom. The normalized spacial score (nSPS) is 12.1. The summed E-state index contributed by atoms with van der Waals surface area (Å²) in [5, 5.41) is 8.83. The molecule has 0 aromatic carbocycles. The van der Waals surface area contributed by atoms with Crippen LogP contribution in [0, 0.1) is 5.41 Å². The van der Waals surface area contributed by atoms with Crippen molar-refractivity contribution < 1.29 is 24.2 Å². The van der Waals surface area contributed by atoms with Gasteiger partial charge in [0.15, 0.2) is 5.78 Å². The van der Waals surface area contributed by atoms with Gasteiger partial charge in [-0.1, -0.05) is 20.8 Å². The van der Waals surface area contributed by atoms with Crippen LogP contribution in [0.2, 0.25) is 0 Å². The minimum Gasteiger partial charge on any atom is -0.478 e. The highest BCUT2D eigenvalue weighted by Crippen LogP contribution is 2.20. The number of hydrogen-bond donors (Lipinski definition) is 1. The van der Waals surface area contributed by atoms with Gasteiger partial charge in [-0.15, -0.1) is 0 Å². The molecule has 0 radical (unpaired) electrons. The topological polar surface area (TPSA) is 80.7 Å². The third-order valence-electron chi connectivity index (χ3n) is 1.71. The van der Waals surface area contributed by atoms with E-state index in [0.717, 1.165) is 6.08 Å². The number of hydrogen-bond acceptors (Lipinski definition) is 4. The van der Waals surface area contributed by atoms with E-state index in [0.29, 0.717) is 0 Å². The van der Waals surface area contributed by atoms with Crippen molar-refractivity contribution in [1.29, 1.82) is 0 Å². The lowest BCUT2D eigenvalue weighted by Gasteiger charge is -2.16. The first-order valence-corrected chi connectivity index (χ1v) is 4.86. The lowest BCUT2D eigenvalue weighted by atomic mass is 9.86. The van der Waals surface area contributed by atoms with Crippen molar-refractivity contribution in [2.24, 2.45) is 5.41 Å². The van der Waals surface area contributed by atoms with Crippen LogP contribution in [0.25, 0.3) is 0 Å². The summed E-state index contributed by atoms with van der Waals surface area (Å²) >= 11 is 0. The van der Waals surface area contributed by atoms with Gasteiger partial charge in [0, 0.05) is 11.5 Å². The Morgan fingerprint density at radius 1 is 1.25 bits per heavy atom. The molecule has 90 valence electrons. The molecule has 0 aliphatic rings. The van der Waals surface area contributed by atoms with Crippen LogP contribution in [-0.2, 0) is 19.1 Å². The summed E-state index contributed by atoms with van der Waals surface area (Å²) < 4.78 is 4.55. The molecule has 16 heavy (non-hydrogen) atoms. The maximum atomic E-state index is 11.7. The molecule has 0 aromatic heterocycles. The van der Waals surface area contributed by atoms with Gasteiger partial charge in [-0.2, -0.15) is 0 Å². The second-order valence-corrected chi connectivity index (χ2v) is 4.19. The summed E-state index contributed by atoms with van der Waals surface area (Å²) in [4.78, 5) is 33.6. The molecular formula is C11H16O5. The fourth-order valence-electron chi connectivity index (χ4n) is 0.930. The van der Waals surface area contributed by atoms with Crippen molar-refractivity contribution in [3.05, 3.63) is 11.6 Å². The monoisotopic (exact) mass is 228 g/mol. The van der Waals surface area contributed by atoms with Crippen molar-refractivity contribution in [2.75, 3.05) is 6.61 Å². The maximum Gasteiger partial charge on any atom is 0.339 e. The molecular weight excluding hydrogens is 212 g/mol. The zero-order chi connectivity index (χ0) is 12.9. The highest BCUT2D eigenvalue weighted by atomic mass is 16.5. The molecule has 0 spiro atoms. The number of esters is 1. The molecule has 1 N–H and O–H groups in total. The number of carboxylic acid groups (broad SMARTS) is 1. The van der Waals surface area contributed by atoms with Crippen molar-refractivity contribution in [3.8, 4) is 0 Å². The molecule has 0 saturated carbocycles. The highest BCUT2D eigenvalue weighted by molar-refractivity contribution is 6.20. The number of Topliss-reactive ketones (excluding diaryl/α,β-unsaturated/α-hetero) is 1. The molecule has 5 nitrogen and oxygen atoms in total. The zero-order valence-corrected chi connectivity index (χ0v) is 9.86. The Morgan fingerprint density at radius 3 is 2.06 bits per heavy atom. The van der Waals surface area contributed by atoms with Crippen molar-refractivity contribution >= 4 is 17.7 Å². The first-order valence-electron chi connectivity index (χ1n) is 4.86. The molecule has 0 bridgehead atoms. The van der Waals surface area contributed by atoms with Crippen LogP contribution in [0.15, 0.2) is 11.6 Å². The van der Waals surface area contributed by atoms with Gasteiger partial charge >= 0.3 is 11.9 Å². The van der Waals surface area contributed by atoms with Gasteiger partial charge in [0.2, 0.25) is 0 Å². The largest absolute Gasteiger partial charge is 0.478 e. The standard InChI is InChI=1S/C11H16O5/c1-5-16-8(12)6-7(10(14)15)9(13)11(2,3)4/h6H,5H2,1-4H3,(H,14,15). The second kappa shape index (κ2) is 5.44. The van der Waals surface area contributed by atoms with Crippen LogP contribution < -0.4 is 0 Å². The summed E-state index contributed by atoms with van der Waals surface area (Å²) in [7, 11) is 0. The third-order valence-corrected chi connectivity index (χ3v) is 1.71. The Balaban J connectivity index is 5.11. The fraction of sp³-hybridized carbons (Fsp3) is 0.545. The SMILES string of the molecule is CCOC(=O)C=C(C(=O)O)C(=O)C(C)(C)C. The quantitative estimate of drug-likeness (QED) is 0.338. The van der Waals surface area contributed by atoms with E-state index in [9.17, 15) is 14.4 Å². The molecule has 0 rings (SSSR count). The molecule has 0 aromatic rings. The van der Waals surface area contributed by atoms with Crippen LogP contribution in [0.3, 0.4) is 0 Å². The van der Waals surface area contributed by atoms with E-state index in [1.54, 1.807) is 27.7 Å². The van der Waals surface area contributed by atoms with Crippen molar-refractivity contribution in [3.63, 3.8) is 0 Å². The fourth-order valence-corrected chi connectivity index (χ4v) is 0.930. The van der Waals surface area contributed by atoms with Gasteiger partial charge in [-0.25, -0.2) is 9.59 Å². The lowest BCUT2D eigenvalue weighted by Crippen LogP contribution is -2.27. The van der Waals surface area contributed by atoms with E-state index >= 15 is 0 Å². The number of carboxylic acids is 1. The molecule has 0 fully saturated rings. The number of ketones is 1. The minimum atomic E-state index is -1.42. The van der Waals surface area contributed by atoms with Crippen LogP contribution in [0.4, 0.5) is 0 Å². The summed E-state index contributed by atoms with van der Waals surface area (Å²) in [6.07, 6.45) is 0.722. The molecule has 0 amide bonds. The number of aliphatic carboxylic acids is 1. The Bertz CT molecular complexity index is 333. The van der Waals surface area contributed by atoms with Gasteiger partial charge in [0.05, 0.1) is 6.61 Å². The molecule has 0 atom stereocenters. The first-order chi connectivity index (χ1) is 7.20. The van der Waals surface area contributed by atoms with E-state index in [4.69, 9.17) is 5.11 Å². The molecule has 0 saturated heterocycles. The smallest absolute Gasteiger partial charge is 0.339 e. The second-order valence-electron chi connectivity index (χ2n) is 4.19. The van der Waals surface area contributed by atoms with E-state index < -0.39 is 28.7 Å². The number of carbonyl (C=O) groups excluding carboxylic acids is 2. The Labute approximate surface area is 94.1 Å². The average Bonchev–Trinajstić information content (AvgIpc) is 2.11. The average molecular weight is 228 g/mol. The van der Waals surface area contributed by atoms with Gasteiger partial charge in [0.25, 0.3) is 0 Å². The van der Waals surface area contributed by atoms with E-state index in [1.165, 1.54) is 0 Å². The van der Waals surface area contributed by atoms with Crippen LogP contribution >= 0.6 is 0 Å². The van der Waals surface area contributed by atoms with Gasteiger partial charge < -0.3 is 9.84 Å². The highest BCUT2D eigenvalue weighted by Gasteiger charge is 2.29. The van der Waals surface area contributed by atoms with Crippen molar-refractivity contribution in [1.82, 2.24) is 0 Å². The van der Waals surface area contributed by atoms with Crippen LogP contribution in [0.1, 0.15) is 27.7 Å². The molecule has 0 heterocycles. The van der Waals surface area contributed by atoms with Gasteiger partial charge in [-0.3, -0.25) is 4.79 Å². The Hall–Kier alpha value is -1.65. The predicted molar refractivity (Wildman–Crippen MR) is 56.8 cm³/mol. The summed E-state index contributed by atoms with van der Waals surface area (Å²) in [5.74, 6) is -2.85. The van der Waals surface area contributed by atoms with E-state index in [-0.39, 0.29) is 6.61 Å². The molecule has 5 heteroatoms.